The van der Waals surface area contributed by atoms with Crippen molar-refractivity contribution in [1.82, 2.24) is 0 Å². The third-order valence-corrected chi connectivity index (χ3v) is 4.68. The number of hydrogen-bond acceptors (Lipinski definition) is 2. The van der Waals surface area contributed by atoms with Gasteiger partial charge in [-0.15, -0.1) is 0 Å². The predicted molar refractivity (Wildman–Crippen MR) is 69.7 cm³/mol. The Balaban J connectivity index is 2.05. The summed E-state index contributed by atoms with van der Waals surface area (Å²) in [4.78, 5) is 25.8. The minimum Gasteiger partial charge on any atom is -0.274 e. The van der Waals surface area contributed by atoms with Gasteiger partial charge >= 0.3 is 0 Å². The highest BCUT2D eigenvalue weighted by atomic mass is 35.5. The molecule has 18 heavy (non-hydrogen) atoms. The molecule has 0 aromatic heterocycles. The smallest absolute Gasteiger partial charge is 0.240 e. The van der Waals surface area contributed by atoms with Gasteiger partial charge in [0.25, 0.3) is 0 Å². The highest BCUT2D eigenvalue weighted by molar-refractivity contribution is 6.36. The molecular weight excluding hydrogens is 273 g/mol. The number of benzene rings is 1. The van der Waals surface area contributed by atoms with E-state index in [1.54, 1.807) is 18.2 Å². The van der Waals surface area contributed by atoms with Crippen LogP contribution in [-0.2, 0) is 9.59 Å². The largest absolute Gasteiger partial charge is 0.274 e. The van der Waals surface area contributed by atoms with Crippen molar-refractivity contribution in [3.63, 3.8) is 0 Å². The molecule has 3 rings (SSSR count). The quantitative estimate of drug-likeness (QED) is 0.743. The van der Waals surface area contributed by atoms with E-state index in [4.69, 9.17) is 23.2 Å². The first kappa shape index (κ1) is 12.0. The van der Waals surface area contributed by atoms with Crippen LogP contribution in [0.3, 0.4) is 0 Å². The maximum absolute atomic E-state index is 12.3. The second-order valence-corrected chi connectivity index (χ2v) is 6.03. The Kier molecular flexibility index (Phi) is 2.32. The number of carbonyl (C=O) groups excluding carboxylic acids is 2. The minimum absolute atomic E-state index is 0.128. The van der Waals surface area contributed by atoms with E-state index in [-0.39, 0.29) is 23.7 Å². The standard InChI is InChI=1S/C13H11Cl2NO2/c1-6-10-11(17)16(12(18)13(6,10)2)9-4-7(14)3-8(15)5-9/h3-6,10H,1-2H3. The van der Waals surface area contributed by atoms with Gasteiger partial charge < -0.3 is 0 Å². The monoisotopic (exact) mass is 283 g/mol. The molecule has 0 N–H and O–H groups in total. The fourth-order valence-corrected chi connectivity index (χ4v) is 3.43. The molecule has 2 amide bonds. The van der Waals surface area contributed by atoms with Gasteiger partial charge in [-0.2, -0.15) is 0 Å². The number of amides is 2. The van der Waals surface area contributed by atoms with Gasteiger partial charge in [-0.1, -0.05) is 30.1 Å². The Bertz CT molecular complexity index is 566. The molecule has 0 radical (unpaired) electrons. The summed E-state index contributed by atoms with van der Waals surface area (Å²) < 4.78 is 0. The lowest BCUT2D eigenvalue weighted by Crippen LogP contribution is -2.36. The first-order chi connectivity index (χ1) is 8.37. The molecule has 1 aromatic rings. The second-order valence-electron chi connectivity index (χ2n) is 5.16. The molecular formula is C13H11Cl2NO2. The number of fused-ring (bicyclic) bond motifs is 1. The lowest BCUT2D eigenvalue weighted by Gasteiger charge is -2.20. The first-order valence-corrected chi connectivity index (χ1v) is 6.47. The van der Waals surface area contributed by atoms with Crippen LogP contribution >= 0.6 is 23.2 Å². The van der Waals surface area contributed by atoms with Gasteiger partial charge in [0.05, 0.1) is 17.0 Å². The number of rotatable bonds is 1. The van der Waals surface area contributed by atoms with Crippen molar-refractivity contribution in [3.05, 3.63) is 28.2 Å². The highest BCUT2D eigenvalue weighted by Crippen LogP contribution is 2.64. The summed E-state index contributed by atoms with van der Waals surface area (Å²) in [5, 5.41) is 0.828. The number of piperidine rings is 1. The number of imide groups is 1. The summed E-state index contributed by atoms with van der Waals surface area (Å²) in [6, 6.07) is 4.74. The molecule has 1 saturated carbocycles. The van der Waals surface area contributed by atoms with Crippen molar-refractivity contribution in [2.75, 3.05) is 4.90 Å². The van der Waals surface area contributed by atoms with E-state index < -0.39 is 5.41 Å². The van der Waals surface area contributed by atoms with Crippen LogP contribution in [0.25, 0.3) is 0 Å². The topological polar surface area (TPSA) is 37.4 Å². The second kappa shape index (κ2) is 3.49. The van der Waals surface area contributed by atoms with E-state index in [0.29, 0.717) is 15.7 Å². The Labute approximate surface area is 115 Å². The third kappa shape index (κ3) is 1.32. The maximum Gasteiger partial charge on any atom is 0.240 e. The number of nitrogens with zero attached hydrogens (tertiary/aromatic N) is 1. The van der Waals surface area contributed by atoms with Crippen molar-refractivity contribution >= 4 is 40.7 Å². The van der Waals surface area contributed by atoms with Crippen molar-refractivity contribution in [2.45, 2.75) is 13.8 Å². The zero-order valence-corrected chi connectivity index (χ0v) is 11.4. The van der Waals surface area contributed by atoms with Gasteiger partial charge in [0.2, 0.25) is 11.8 Å². The van der Waals surface area contributed by atoms with Gasteiger partial charge in [-0.25, -0.2) is 4.90 Å². The Morgan fingerprint density at radius 1 is 1.17 bits per heavy atom. The molecule has 1 aliphatic heterocycles. The molecule has 0 spiro atoms. The molecule has 3 atom stereocenters. The summed E-state index contributed by atoms with van der Waals surface area (Å²) >= 11 is 11.8. The van der Waals surface area contributed by atoms with Crippen LogP contribution in [0.15, 0.2) is 18.2 Å². The van der Waals surface area contributed by atoms with Crippen LogP contribution in [0.2, 0.25) is 10.0 Å². The van der Waals surface area contributed by atoms with Gasteiger partial charge in [-0.3, -0.25) is 9.59 Å². The van der Waals surface area contributed by atoms with Crippen molar-refractivity contribution < 1.29 is 9.59 Å². The van der Waals surface area contributed by atoms with Crippen molar-refractivity contribution in [2.24, 2.45) is 17.3 Å². The lowest BCUT2D eigenvalue weighted by atomic mass is 10.1. The molecule has 2 aliphatic rings. The Hall–Kier alpha value is -1.06. The van der Waals surface area contributed by atoms with E-state index in [0.717, 1.165) is 0 Å². The average Bonchev–Trinajstić information content (AvgIpc) is 2.73. The normalized spacial score (nSPS) is 33.9. The van der Waals surface area contributed by atoms with Crippen molar-refractivity contribution in [3.8, 4) is 0 Å². The molecule has 1 aliphatic carbocycles. The summed E-state index contributed by atoms with van der Waals surface area (Å²) in [5.74, 6) is -0.358. The predicted octanol–water partition coefficient (Wildman–Crippen LogP) is 3.14. The molecule has 1 aromatic carbocycles. The summed E-state index contributed by atoms with van der Waals surface area (Å²) in [7, 11) is 0. The SMILES string of the molecule is CC1C2C(=O)N(c3cc(Cl)cc(Cl)c3)C(=O)C12C. The van der Waals surface area contributed by atoms with Crippen LogP contribution in [0.4, 0.5) is 5.69 Å². The third-order valence-electron chi connectivity index (χ3n) is 4.24. The van der Waals surface area contributed by atoms with Crippen LogP contribution in [0.5, 0.6) is 0 Å². The van der Waals surface area contributed by atoms with E-state index in [1.165, 1.54) is 4.90 Å². The van der Waals surface area contributed by atoms with Crippen LogP contribution in [0, 0.1) is 17.3 Å². The van der Waals surface area contributed by atoms with Gasteiger partial charge in [0, 0.05) is 10.0 Å². The lowest BCUT2D eigenvalue weighted by molar-refractivity contribution is -0.125. The summed E-state index contributed by atoms with van der Waals surface area (Å²) in [6.07, 6.45) is 0. The molecule has 3 nitrogen and oxygen atoms in total. The maximum atomic E-state index is 12.3. The Morgan fingerprint density at radius 2 is 1.72 bits per heavy atom. The molecule has 94 valence electrons. The first-order valence-electron chi connectivity index (χ1n) is 5.72. The molecule has 0 bridgehead atoms. The number of hydrogen-bond donors (Lipinski definition) is 0. The molecule has 5 heteroatoms. The fourth-order valence-electron chi connectivity index (χ4n) is 2.92. The molecule has 1 saturated heterocycles. The van der Waals surface area contributed by atoms with Crippen LogP contribution < -0.4 is 4.90 Å². The Morgan fingerprint density at radius 3 is 2.17 bits per heavy atom. The molecule has 2 fully saturated rings. The summed E-state index contributed by atoms with van der Waals surface area (Å²) in [6.45, 7) is 3.78. The van der Waals surface area contributed by atoms with Gasteiger partial charge in [0.1, 0.15) is 0 Å². The van der Waals surface area contributed by atoms with Crippen LogP contribution in [-0.4, -0.2) is 11.8 Å². The minimum atomic E-state index is -0.536. The molecule has 1 heterocycles. The van der Waals surface area contributed by atoms with E-state index >= 15 is 0 Å². The zero-order valence-electron chi connectivity index (χ0n) is 9.91. The van der Waals surface area contributed by atoms with Crippen molar-refractivity contribution in [1.29, 1.82) is 0 Å². The fraction of sp³-hybridized carbons (Fsp3) is 0.385. The number of carbonyl (C=O) groups is 2. The van der Waals surface area contributed by atoms with E-state index in [9.17, 15) is 9.59 Å². The zero-order chi connectivity index (χ0) is 13.2. The highest BCUT2D eigenvalue weighted by Gasteiger charge is 2.74. The molecule has 3 unspecified atom stereocenters. The summed E-state index contributed by atoms with van der Waals surface area (Å²) in [5.41, 5.74) is -0.0746. The number of anilines is 1. The average molecular weight is 284 g/mol. The van der Waals surface area contributed by atoms with Gasteiger partial charge in [0.15, 0.2) is 0 Å². The van der Waals surface area contributed by atoms with Crippen LogP contribution in [0.1, 0.15) is 13.8 Å². The number of halogens is 2. The van der Waals surface area contributed by atoms with Gasteiger partial charge in [-0.05, 0) is 31.0 Å². The van der Waals surface area contributed by atoms with E-state index in [2.05, 4.69) is 0 Å². The van der Waals surface area contributed by atoms with E-state index in [1.807, 2.05) is 13.8 Å².